The Labute approximate surface area is 105 Å². The second-order valence-corrected chi connectivity index (χ2v) is 8.22. The third-order valence-corrected chi connectivity index (χ3v) is 6.41. The Morgan fingerprint density at radius 2 is 1.73 bits per heavy atom. The molecule has 15 heavy (non-hydrogen) atoms. The van der Waals surface area contributed by atoms with Crippen LogP contribution in [0.2, 0.25) is 0 Å². The van der Waals surface area contributed by atoms with Crippen molar-refractivity contribution in [2.75, 3.05) is 0 Å². The van der Waals surface area contributed by atoms with Crippen LogP contribution in [0.5, 0.6) is 0 Å². The fourth-order valence-corrected chi connectivity index (χ4v) is 4.84. The Kier molecular flexibility index (Phi) is 7.99. The Hall–Kier alpha value is -0.0399. The first-order valence-electron chi connectivity index (χ1n) is 6.15. The van der Waals surface area contributed by atoms with Gasteiger partial charge in [0.2, 0.25) is 0 Å². The molecule has 0 unspecified atom stereocenters. The third kappa shape index (κ3) is 6.94. The van der Waals surface area contributed by atoms with Crippen LogP contribution in [0.4, 0.5) is 0 Å². The third-order valence-electron chi connectivity index (χ3n) is 2.58. The van der Waals surface area contributed by atoms with Crippen LogP contribution in [0, 0.1) is 0 Å². The predicted molar refractivity (Wildman–Crippen MR) is 71.3 cm³/mol. The second kappa shape index (κ2) is 9.21. The summed E-state index contributed by atoms with van der Waals surface area (Å²) >= 11 is -0.521. The standard InChI is InChI=1S/C8H16.C6H5.In/c1-3-5-7-8-6-4-2;1-2-4-6-5-3-1;/h1H,3-8H2,2H3;1-5H;. The molecule has 0 N–H and O–H groups in total. The minimum atomic E-state index is -0.521. The molecule has 80 valence electrons. The Balaban J connectivity index is 2.07. The van der Waals surface area contributed by atoms with E-state index in [9.17, 15) is 0 Å². The van der Waals surface area contributed by atoms with Gasteiger partial charge in [-0.2, -0.15) is 0 Å². The molecule has 0 saturated carbocycles. The van der Waals surface area contributed by atoms with E-state index in [1.165, 1.54) is 38.5 Å². The molecule has 1 rings (SSSR count). The molecule has 0 spiro atoms. The zero-order valence-electron chi connectivity index (χ0n) is 9.78. The molecule has 0 nitrogen and oxygen atoms in total. The van der Waals surface area contributed by atoms with Gasteiger partial charge in [0.25, 0.3) is 0 Å². The predicted octanol–water partition coefficient (Wildman–Crippen LogP) is 3.18. The quantitative estimate of drug-likeness (QED) is 0.679. The van der Waals surface area contributed by atoms with Gasteiger partial charge in [-0.3, -0.25) is 0 Å². The molecule has 0 fully saturated rings. The summed E-state index contributed by atoms with van der Waals surface area (Å²) in [5.74, 6) is 0. The van der Waals surface area contributed by atoms with Gasteiger partial charge in [-0.25, -0.2) is 0 Å². The SMILES string of the molecule is CCCCCCC[CH]=[In][c]1ccccc1. The normalized spacial score (nSPS) is 10.5. The van der Waals surface area contributed by atoms with Gasteiger partial charge in [0, 0.05) is 0 Å². The van der Waals surface area contributed by atoms with E-state index in [0.717, 1.165) is 0 Å². The van der Waals surface area contributed by atoms with Crippen molar-refractivity contribution in [2.45, 2.75) is 45.4 Å². The van der Waals surface area contributed by atoms with Crippen LogP contribution in [0.3, 0.4) is 0 Å². The van der Waals surface area contributed by atoms with Gasteiger partial charge >= 0.3 is 105 Å². The number of benzene rings is 1. The van der Waals surface area contributed by atoms with E-state index >= 15 is 0 Å². The maximum absolute atomic E-state index is 2.61. The summed E-state index contributed by atoms with van der Waals surface area (Å²) in [7, 11) is 0. The molecule has 0 aromatic heterocycles. The van der Waals surface area contributed by atoms with Gasteiger partial charge in [0.1, 0.15) is 0 Å². The van der Waals surface area contributed by atoms with E-state index in [0.29, 0.717) is 0 Å². The summed E-state index contributed by atoms with van der Waals surface area (Å²) in [5.41, 5.74) is 0. The molecule has 0 bridgehead atoms. The Morgan fingerprint density at radius 1 is 1.00 bits per heavy atom. The summed E-state index contributed by atoms with van der Waals surface area (Å²) in [5, 5.41) is 0. The van der Waals surface area contributed by atoms with E-state index in [4.69, 9.17) is 0 Å². The van der Waals surface area contributed by atoms with Crippen molar-refractivity contribution in [1.29, 1.82) is 0 Å². The van der Waals surface area contributed by atoms with Crippen molar-refractivity contribution in [3.05, 3.63) is 30.3 Å². The molecule has 0 aliphatic heterocycles. The van der Waals surface area contributed by atoms with E-state index in [1.54, 1.807) is 3.32 Å². The number of unbranched alkanes of at least 4 members (excludes halogenated alkanes) is 5. The Morgan fingerprint density at radius 3 is 2.47 bits per heavy atom. The monoisotopic (exact) mass is 304 g/mol. The molecule has 0 amide bonds. The molecular weight excluding hydrogens is 283 g/mol. The van der Waals surface area contributed by atoms with E-state index in [2.05, 4.69) is 41.0 Å². The molecule has 1 aromatic carbocycles. The molecule has 0 aliphatic rings. The first-order valence-corrected chi connectivity index (χ1v) is 9.70. The summed E-state index contributed by atoms with van der Waals surface area (Å²) in [6, 6.07) is 11.0. The maximum atomic E-state index is 2.61. The number of rotatable bonds is 7. The average molecular weight is 304 g/mol. The van der Waals surface area contributed by atoms with Gasteiger partial charge in [0.05, 0.1) is 0 Å². The van der Waals surface area contributed by atoms with Gasteiger partial charge in [-0.1, -0.05) is 0 Å². The van der Waals surface area contributed by atoms with Crippen LogP contribution >= 0.6 is 0 Å². The topological polar surface area (TPSA) is 0 Å². The van der Waals surface area contributed by atoms with Gasteiger partial charge in [-0.05, 0) is 0 Å². The van der Waals surface area contributed by atoms with Crippen LogP contribution in [0.1, 0.15) is 45.4 Å². The summed E-state index contributed by atoms with van der Waals surface area (Å²) < 4.78 is 4.23. The summed E-state index contributed by atoms with van der Waals surface area (Å²) in [6.45, 7) is 2.27. The summed E-state index contributed by atoms with van der Waals surface area (Å²) in [4.78, 5) is 0. The number of hydrogen-bond donors (Lipinski definition) is 0. The molecule has 0 radical (unpaired) electrons. The molecule has 0 atom stereocenters. The minimum absolute atomic E-state index is 0.521. The zero-order valence-corrected chi connectivity index (χ0v) is 13.1. The molecule has 1 heteroatoms. The molecular formula is C14H21In. The first kappa shape index (κ1) is 13.0. The van der Waals surface area contributed by atoms with Crippen molar-refractivity contribution in [3.8, 4) is 0 Å². The van der Waals surface area contributed by atoms with Crippen LogP contribution in [-0.4, -0.2) is 26.2 Å². The van der Waals surface area contributed by atoms with E-state index in [1.807, 2.05) is 0 Å². The van der Waals surface area contributed by atoms with Gasteiger partial charge in [-0.15, -0.1) is 0 Å². The fourth-order valence-electron chi connectivity index (χ4n) is 1.65. The van der Waals surface area contributed by atoms with Gasteiger partial charge < -0.3 is 0 Å². The second-order valence-electron chi connectivity index (χ2n) is 4.02. The molecule has 0 heterocycles. The summed E-state index contributed by atoms with van der Waals surface area (Å²) in [6.07, 6.45) is 8.41. The molecule has 0 aliphatic carbocycles. The molecule has 1 aromatic rings. The van der Waals surface area contributed by atoms with E-state index in [-0.39, 0.29) is 0 Å². The molecule has 0 saturated heterocycles. The van der Waals surface area contributed by atoms with Crippen molar-refractivity contribution < 1.29 is 0 Å². The van der Waals surface area contributed by atoms with E-state index < -0.39 is 22.4 Å². The van der Waals surface area contributed by atoms with Crippen molar-refractivity contribution >= 4 is 29.5 Å². The van der Waals surface area contributed by atoms with Gasteiger partial charge in [0.15, 0.2) is 0 Å². The van der Waals surface area contributed by atoms with Crippen LogP contribution in [0.25, 0.3) is 0 Å². The van der Waals surface area contributed by atoms with Crippen LogP contribution in [0.15, 0.2) is 30.3 Å². The fraction of sp³-hybridized carbons (Fsp3) is 0.500. The number of hydrogen-bond acceptors (Lipinski definition) is 0. The van der Waals surface area contributed by atoms with Crippen LogP contribution < -0.4 is 3.32 Å². The Bertz CT molecular complexity index is 264. The zero-order chi connectivity index (χ0) is 10.8. The van der Waals surface area contributed by atoms with Crippen molar-refractivity contribution in [2.24, 2.45) is 0 Å². The van der Waals surface area contributed by atoms with Crippen LogP contribution in [-0.2, 0) is 0 Å². The average Bonchev–Trinajstić information content (AvgIpc) is 2.29. The van der Waals surface area contributed by atoms with Crippen molar-refractivity contribution in [3.63, 3.8) is 0 Å². The van der Waals surface area contributed by atoms with Crippen molar-refractivity contribution in [1.82, 2.24) is 0 Å². The first-order chi connectivity index (χ1) is 7.43.